The zero-order valence-corrected chi connectivity index (χ0v) is 9.25. The van der Waals surface area contributed by atoms with Crippen molar-refractivity contribution in [1.82, 2.24) is 4.90 Å². The van der Waals surface area contributed by atoms with E-state index < -0.39 is 11.9 Å². The number of carboxylic acids is 2. The molecule has 0 aliphatic carbocycles. The van der Waals surface area contributed by atoms with Crippen molar-refractivity contribution >= 4 is 11.9 Å². The summed E-state index contributed by atoms with van der Waals surface area (Å²) in [5, 5.41) is 16.4. The standard InChI is InChI=1S/C7H6O2.C4H9NO2/c8-7(9)6-4-2-1-3-5-6;1-5(2)3-4(6)7/h1-5H,(H,8,9);3H2,1-2H3,(H,6,7). The van der Waals surface area contributed by atoms with E-state index in [-0.39, 0.29) is 6.54 Å². The van der Waals surface area contributed by atoms with E-state index in [1.54, 1.807) is 49.3 Å². The van der Waals surface area contributed by atoms with Crippen LogP contribution in [-0.2, 0) is 4.79 Å². The molecular weight excluding hydrogens is 210 g/mol. The van der Waals surface area contributed by atoms with Gasteiger partial charge in [-0.05, 0) is 26.2 Å². The van der Waals surface area contributed by atoms with E-state index in [2.05, 4.69) is 0 Å². The van der Waals surface area contributed by atoms with E-state index in [4.69, 9.17) is 10.2 Å². The van der Waals surface area contributed by atoms with Crippen molar-refractivity contribution in [1.29, 1.82) is 0 Å². The highest BCUT2D eigenvalue weighted by Gasteiger charge is 1.96. The van der Waals surface area contributed by atoms with Gasteiger partial charge < -0.3 is 10.2 Å². The number of carboxylic acid groups (broad SMARTS) is 2. The van der Waals surface area contributed by atoms with E-state index in [1.165, 1.54) is 0 Å². The van der Waals surface area contributed by atoms with E-state index in [0.29, 0.717) is 5.56 Å². The van der Waals surface area contributed by atoms with Gasteiger partial charge >= 0.3 is 11.9 Å². The van der Waals surface area contributed by atoms with Crippen LogP contribution in [0.2, 0.25) is 0 Å². The molecule has 0 radical (unpaired) electrons. The molecule has 0 saturated carbocycles. The molecule has 0 bridgehead atoms. The Morgan fingerprint density at radius 3 is 1.81 bits per heavy atom. The van der Waals surface area contributed by atoms with Crippen LogP contribution in [0.25, 0.3) is 0 Å². The van der Waals surface area contributed by atoms with E-state index in [0.717, 1.165) is 0 Å². The molecule has 16 heavy (non-hydrogen) atoms. The van der Waals surface area contributed by atoms with Crippen molar-refractivity contribution in [3.8, 4) is 0 Å². The fraction of sp³-hybridized carbons (Fsp3) is 0.273. The van der Waals surface area contributed by atoms with Crippen LogP contribution in [0.5, 0.6) is 0 Å². The SMILES string of the molecule is CN(C)CC(=O)O.O=C(O)c1ccccc1. The highest BCUT2D eigenvalue weighted by Crippen LogP contribution is 1.96. The van der Waals surface area contributed by atoms with Crippen molar-refractivity contribution in [2.45, 2.75) is 0 Å². The summed E-state index contributed by atoms with van der Waals surface area (Å²) in [4.78, 5) is 21.6. The Morgan fingerprint density at radius 1 is 1.12 bits per heavy atom. The fourth-order valence-electron chi connectivity index (χ4n) is 0.851. The Hall–Kier alpha value is -1.88. The van der Waals surface area contributed by atoms with Gasteiger partial charge in [-0.2, -0.15) is 0 Å². The monoisotopic (exact) mass is 225 g/mol. The maximum atomic E-state index is 10.2. The summed E-state index contributed by atoms with van der Waals surface area (Å²) in [7, 11) is 3.43. The summed E-state index contributed by atoms with van der Waals surface area (Å²) in [6.45, 7) is 0.111. The Bertz CT molecular complexity index is 335. The van der Waals surface area contributed by atoms with Crippen molar-refractivity contribution in [3.05, 3.63) is 35.9 Å². The van der Waals surface area contributed by atoms with Gasteiger partial charge in [-0.3, -0.25) is 9.69 Å². The van der Waals surface area contributed by atoms with Gasteiger partial charge in [-0.1, -0.05) is 18.2 Å². The second-order valence-electron chi connectivity index (χ2n) is 3.30. The van der Waals surface area contributed by atoms with Gasteiger partial charge in [-0.25, -0.2) is 4.79 Å². The second kappa shape index (κ2) is 7.42. The molecule has 0 aliphatic heterocycles. The molecule has 0 aromatic heterocycles. The molecule has 0 atom stereocenters. The molecule has 0 unspecified atom stereocenters. The molecule has 88 valence electrons. The van der Waals surface area contributed by atoms with Crippen molar-refractivity contribution in [2.24, 2.45) is 0 Å². The first kappa shape index (κ1) is 14.1. The summed E-state index contributed by atoms with van der Waals surface area (Å²) in [5.74, 6) is -1.67. The summed E-state index contributed by atoms with van der Waals surface area (Å²) < 4.78 is 0. The molecule has 1 rings (SSSR count). The third-order valence-electron chi connectivity index (χ3n) is 1.47. The van der Waals surface area contributed by atoms with Crippen LogP contribution >= 0.6 is 0 Å². The first-order chi connectivity index (χ1) is 7.43. The summed E-state index contributed by atoms with van der Waals surface area (Å²) in [6, 6.07) is 8.30. The number of hydrogen-bond acceptors (Lipinski definition) is 3. The highest BCUT2D eigenvalue weighted by molar-refractivity contribution is 5.87. The summed E-state index contributed by atoms with van der Waals surface area (Å²) in [5.41, 5.74) is 0.331. The van der Waals surface area contributed by atoms with Gasteiger partial charge in [-0.15, -0.1) is 0 Å². The fourth-order valence-corrected chi connectivity index (χ4v) is 0.851. The first-order valence-corrected chi connectivity index (χ1v) is 4.58. The van der Waals surface area contributed by atoms with Crippen LogP contribution in [0.1, 0.15) is 10.4 Å². The average molecular weight is 225 g/mol. The zero-order chi connectivity index (χ0) is 12.6. The Labute approximate surface area is 93.9 Å². The van der Waals surface area contributed by atoms with E-state index in [1.807, 2.05) is 0 Å². The molecule has 0 saturated heterocycles. The number of hydrogen-bond donors (Lipinski definition) is 2. The van der Waals surface area contributed by atoms with Gasteiger partial charge in [0.2, 0.25) is 0 Å². The number of aliphatic carboxylic acids is 1. The van der Waals surface area contributed by atoms with Gasteiger partial charge in [0.05, 0.1) is 12.1 Å². The van der Waals surface area contributed by atoms with Gasteiger partial charge in [0.25, 0.3) is 0 Å². The number of likely N-dealkylation sites (N-methyl/N-ethyl adjacent to an activating group) is 1. The molecule has 0 spiro atoms. The minimum Gasteiger partial charge on any atom is -0.480 e. The van der Waals surface area contributed by atoms with Crippen LogP contribution in [0.4, 0.5) is 0 Å². The Balaban J connectivity index is 0.000000293. The molecule has 2 N–H and O–H groups in total. The zero-order valence-electron chi connectivity index (χ0n) is 9.25. The molecule has 5 heteroatoms. The minimum atomic E-state index is -0.879. The minimum absolute atomic E-state index is 0.111. The molecule has 0 amide bonds. The molecular formula is C11H15NO4. The van der Waals surface area contributed by atoms with Gasteiger partial charge in [0.15, 0.2) is 0 Å². The number of carbonyl (C=O) groups is 2. The third kappa shape index (κ3) is 7.52. The van der Waals surface area contributed by atoms with Crippen molar-refractivity contribution in [3.63, 3.8) is 0 Å². The molecule has 0 fully saturated rings. The Morgan fingerprint density at radius 2 is 1.62 bits per heavy atom. The first-order valence-electron chi connectivity index (χ1n) is 4.58. The van der Waals surface area contributed by atoms with E-state index in [9.17, 15) is 9.59 Å². The lowest BCUT2D eigenvalue weighted by molar-refractivity contribution is -0.137. The largest absolute Gasteiger partial charge is 0.480 e. The van der Waals surface area contributed by atoms with Gasteiger partial charge in [0, 0.05) is 0 Å². The molecule has 0 heterocycles. The predicted molar refractivity (Wildman–Crippen MR) is 59.6 cm³/mol. The smallest absolute Gasteiger partial charge is 0.335 e. The van der Waals surface area contributed by atoms with Crippen LogP contribution in [0, 0.1) is 0 Å². The van der Waals surface area contributed by atoms with Crippen LogP contribution in [0.15, 0.2) is 30.3 Å². The quantitative estimate of drug-likeness (QED) is 0.803. The highest BCUT2D eigenvalue weighted by atomic mass is 16.4. The molecule has 1 aromatic carbocycles. The third-order valence-corrected chi connectivity index (χ3v) is 1.47. The lowest BCUT2D eigenvalue weighted by Crippen LogP contribution is -2.20. The lowest BCUT2D eigenvalue weighted by Gasteiger charge is -2.01. The second-order valence-corrected chi connectivity index (χ2v) is 3.30. The number of nitrogens with zero attached hydrogens (tertiary/aromatic N) is 1. The van der Waals surface area contributed by atoms with Crippen LogP contribution in [0.3, 0.4) is 0 Å². The molecule has 1 aromatic rings. The average Bonchev–Trinajstić information content (AvgIpc) is 2.17. The Kier molecular flexibility index (Phi) is 6.55. The maximum Gasteiger partial charge on any atom is 0.335 e. The summed E-state index contributed by atoms with van der Waals surface area (Å²) >= 11 is 0. The number of rotatable bonds is 3. The maximum absolute atomic E-state index is 10.2. The molecule has 0 aliphatic rings. The topological polar surface area (TPSA) is 77.8 Å². The lowest BCUT2D eigenvalue weighted by atomic mass is 10.2. The van der Waals surface area contributed by atoms with Crippen LogP contribution in [-0.4, -0.2) is 47.7 Å². The summed E-state index contributed by atoms with van der Waals surface area (Å²) in [6.07, 6.45) is 0. The number of benzene rings is 1. The van der Waals surface area contributed by atoms with Gasteiger partial charge in [0.1, 0.15) is 0 Å². The van der Waals surface area contributed by atoms with Crippen LogP contribution < -0.4 is 0 Å². The predicted octanol–water partition coefficient (Wildman–Crippen LogP) is 1.02. The molecule has 5 nitrogen and oxygen atoms in total. The number of aromatic carboxylic acids is 1. The van der Waals surface area contributed by atoms with Crippen molar-refractivity contribution < 1.29 is 19.8 Å². The van der Waals surface area contributed by atoms with Crippen molar-refractivity contribution in [2.75, 3.05) is 20.6 Å². The normalized spacial score (nSPS) is 9.19. The van der Waals surface area contributed by atoms with E-state index >= 15 is 0 Å².